The fourth-order valence-electron chi connectivity index (χ4n) is 3.34. The molecule has 2 fully saturated rings. The molecule has 130 valence electrons. The lowest BCUT2D eigenvalue weighted by atomic mass is 10.1. The van der Waals surface area contributed by atoms with Crippen molar-refractivity contribution < 1.29 is 9.59 Å². The summed E-state index contributed by atoms with van der Waals surface area (Å²) in [5.41, 5.74) is 0.362. The van der Waals surface area contributed by atoms with Crippen molar-refractivity contribution in [1.82, 2.24) is 19.8 Å². The van der Waals surface area contributed by atoms with Crippen molar-refractivity contribution in [2.75, 3.05) is 31.5 Å². The van der Waals surface area contributed by atoms with E-state index in [0.717, 1.165) is 12.2 Å². The highest BCUT2D eigenvalue weighted by Crippen LogP contribution is 2.20. The Labute approximate surface area is 142 Å². The number of rotatable bonds is 4. The molecule has 0 aromatic carbocycles. The van der Waals surface area contributed by atoms with Crippen molar-refractivity contribution in [3.05, 3.63) is 18.1 Å². The third-order valence-corrected chi connectivity index (χ3v) is 4.83. The summed E-state index contributed by atoms with van der Waals surface area (Å²) in [6, 6.07) is 0.458. The average molecular weight is 331 g/mol. The molecular weight excluding hydrogens is 306 g/mol. The van der Waals surface area contributed by atoms with Gasteiger partial charge in [-0.1, -0.05) is 25.7 Å². The third-order valence-electron chi connectivity index (χ3n) is 4.83. The minimum Gasteiger partial charge on any atom is -0.366 e. The van der Waals surface area contributed by atoms with Crippen LogP contribution in [0.5, 0.6) is 0 Å². The molecule has 7 nitrogen and oxygen atoms in total. The third kappa shape index (κ3) is 4.21. The minimum absolute atomic E-state index is 0.117. The number of hydrogen-bond donors (Lipinski definition) is 1. The minimum atomic E-state index is -0.117. The molecule has 2 aliphatic rings. The monoisotopic (exact) mass is 331 g/mol. The summed E-state index contributed by atoms with van der Waals surface area (Å²) in [4.78, 5) is 35.2. The van der Waals surface area contributed by atoms with Crippen LogP contribution in [0.15, 0.2) is 12.4 Å². The molecule has 0 bridgehead atoms. The van der Waals surface area contributed by atoms with E-state index in [4.69, 9.17) is 0 Å². The first-order valence-corrected chi connectivity index (χ1v) is 8.83. The van der Waals surface area contributed by atoms with Crippen LogP contribution in [0.2, 0.25) is 0 Å². The van der Waals surface area contributed by atoms with Gasteiger partial charge in [0.1, 0.15) is 11.5 Å². The highest BCUT2D eigenvalue weighted by Gasteiger charge is 2.22. The number of carbonyl (C=O) groups is 2. The van der Waals surface area contributed by atoms with Crippen LogP contribution in [0.4, 0.5) is 5.82 Å². The van der Waals surface area contributed by atoms with Crippen LogP contribution in [-0.4, -0.2) is 64.3 Å². The fourth-order valence-corrected chi connectivity index (χ4v) is 3.34. The second-order valence-corrected chi connectivity index (χ2v) is 6.55. The zero-order valence-corrected chi connectivity index (χ0v) is 14.0. The Morgan fingerprint density at radius 3 is 2.33 bits per heavy atom. The van der Waals surface area contributed by atoms with E-state index in [1.165, 1.54) is 38.5 Å². The van der Waals surface area contributed by atoms with Crippen LogP contribution < -0.4 is 5.32 Å². The summed E-state index contributed by atoms with van der Waals surface area (Å²) in [6.07, 6.45) is 11.5. The zero-order chi connectivity index (χ0) is 16.8. The highest BCUT2D eigenvalue weighted by molar-refractivity contribution is 5.92. The summed E-state index contributed by atoms with van der Waals surface area (Å²) < 4.78 is 0. The van der Waals surface area contributed by atoms with E-state index in [0.29, 0.717) is 37.9 Å². The molecule has 1 saturated heterocycles. The van der Waals surface area contributed by atoms with Gasteiger partial charge >= 0.3 is 0 Å². The van der Waals surface area contributed by atoms with E-state index in [1.807, 2.05) is 0 Å². The van der Waals surface area contributed by atoms with Gasteiger partial charge in [0, 0.05) is 32.2 Å². The first-order valence-electron chi connectivity index (χ1n) is 8.83. The van der Waals surface area contributed by atoms with Gasteiger partial charge in [0.25, 0.3) is 5.91 Å². The number of anilines is 1. The van der Waals surface area contributed by atoms with Crippen molar-refractivity contribution >= 4 is 18.1 Å². The molecule has 3 rings (SSSR count). The van der Waals surface area contributed by atoms with E-state index in [-0.39, 0.29) is 5.91 Å². The van der Waals surface area contributed by atoms with Crippen LogP contribution in [-0.2, 0) is 4.79 Å². The lowest BCUT2D eigenvalue weighted by Gasteiger charge is -2.32. The maximum Gasteiger partial charge on any atom is 0.274 e. The Kier molecular flexibility index (Phi) is 5.61. The van der Waals surface area contributed by atoms with Gasteiger partial charge in [-0.2, -0.15) is 0 Å². The topological polar surface area (TPSA) is 78.4 Å². The van der Waals surface area contributed by atoms with Gasteiger partial charge in [0.15, 0.2) is 0 Å². The summed E-state index contributed by atoms with van der Waals surface area (Å²) >= 11 is 0. The largest absolute Gasteiger partial charge is 0.366 e. The van der Waals surface area contributed by atoms with Crippen LogP contribution in [0.1, 0.15) is 49.0 Å². The van der Waals surface area contributed by atoms with Crippen LogP contribution in [0.25, 0.3) is 0 Å². The number of amides is 2. The Bertz CT molecular complexity index is 547. The van der Waals surface area contributed by atoms with E-state index in [2.05, 4.69) is 15.3 Å². The fraction of sp³-hybridized carbons (Fsp3) is 0.647. The molecule has 2 heterocycles. The van der Waals surface area contributed by atoms with Crippen molar-refractivity contribution in [3.63, 3.8) is 0 Å². The van der Waals surface area contributed by atoms with Gasteiger partial charge in [-0.3, -0.25) is 9.59 Å². The Balaban J connectivity index is 1.55. The molecule has 0 atom stereocenters. The van der Waals surface area contributed by atoms with Crippen molar-refractivity contribution in [2.24, 2.45) is 0 Å². The van der Waals surface area contributed by atoms with Crippen LogP contribution >= 0.6 is 0 Å². The van der Waals surface area contributed by atoms with Crippen molar-refractivity contribution in [3.8, 4) is 0 Å². The summed E-state index contributed by atoms with van der Waals surface area (Å²) in [7, 11) is 0. The molecule has 1 aromatic heterocycles. The van der Waals surface area contributed by atoms with Crippen LogP contribution in [0, 0.1) is 0 Å². The summed E-state index contributed by atoms with van der Waals surface area (Å²) in [5.74, 6) is 0.623. The summed E-state index contributed by atoms with van der Waals surface area (Å²) in [5, 5.41) is 3.44. The Morgan fingerprint density at radius 1 is 1.04 bits per heavy atom. The highest BCUT2D eigenvalue weighted by atomic mass is 16.2. The summed E-state index contributed by atoms with van der Waals surface area (Å²) in [6.45, 7) is 2.23. The number of piperazine rings is 1. The van der Waals surface area contributed by atoms with Crippen LogP contribution in [0.3, 0.4) is 0 Å². The molecule has 1 aliphatic carbocycles. The number of carbonyl (C=O) groups excluding carboxylic acids is 2. The van der Waals surface area contributed by atoms with Gasteiger partial charge in [0.2, 0.25) is 6.41 Å². The van der Waals surface area contributed by atoms with Crippen molar-refractivity contribution in [2.45, 2.75) is 44.6 Å². The predicted octanol–water partition coefficient (Wildman–Crippen LogP) is 1.53. The molecule has 7 heteroatoms. The maximum absolute atomic E-state index is 12.4. The molecular formula is C17H25N5O2. The smallest absolute Gasteiger partial charge is 0.274 e. The second kappa shape index (κ2) is 8.08. The molecule has 1 aliphatic heterocycles. The van der Waals surface area contributed by atoms with E-state index >= 15 is 0 Å². The molecule has 0 spiro atoms. The first kappa shape index (κ1) is 16.7. The zero-order valence-electron chi connectivity index (χ0n) is 14.0. The molecule has 1 aromatic rings. The molecule has 24 heavy (non-hydrogen) atoms. The molecule has 1 saturated carbocycles. The van der Waals surface area contributed by atoms with E-state index < -0.39 is 0 Å². The maximum atomic E-state index is 12.4. The van der Waals surface area contributed by atoms with Gasteiger partial charge in [-0.05, 0) is 12.8 Å². The van der Waals surface area contributed by atoms with E-state index in [9.17, 15) is 9.59 Å². The standard InChI is InChI=1S/C17H25N5O2/c23-13-21-7-9-22(10-8-21)17(24)15-11-19-16(12-18-15)20-14-5-3-1-2-4-6-14/h11-14H,1-10H2,(H,19,20). The molecule has 2 amide bonds. The number of aromatic nitrogens is 2. The lowest BCUT2D eigenvalue weighted by molar-refractivity contribution is -0.119. The van der Waals surface area contributed by atoms with Gasteiger partial charge in [0.05, 0.1) is 12.4 Å². The molecule has 0 radical (unpaired) electrons. The Morgan fingerprint density at radius 2 is 1.75 bits per heavy atom. The van der Waals surface area contributed by atoms with Crippen molar-refractivity contribution in [1.29, 1.82) is 0 Å². The molecule has 0 unspecified atom stereocenters. The molecule has 1 N–H and O–H groups in total. The van der Waals surface area contributed by atoms with E-state index in [1.54, 1.807) is 22.2 Å². The normalized spacial score (nSPS) is 19.7. The number of nitrogens with one attached hydrogen (secondary N) is 1. The number of nitrogens with zero attached hydrogens (tertiary/aromatic N) is 4. The number of hydrogen-bond acceptors (Lipinski definition) is 5. The van der Waals surface area contributed by atoms with Gasteiger partial charge in [-0.25, -0.2) is 9.97 Å². The predicted molar refractivity (Wildman–Crippen MR) is 90.7 cm³/mol. The first-order chi connectivity index (χ1) is 11.8. The Hall–Kier alpha value is -2.18. The van der Waals surface area contributed by atoms with Gasteiger partial charge < -0.3 is 15.1 Å². The SMILES string of the molecule is O=CN1CCN(C(=O)c2cnc(NC3CCCCCC3)cn2)CC1. The quantitative estimate of drug-likeness (QED) is 0.668. The lowest BCUT2D eigenvalue weighted by Crippen LogP contribution is -2.48. The second-order valence-electron chi connectivity index (χ2n) is 6.55. The average Bonchev–Trinajstić information content (AvgIpc) is 2.90. The van der Waals surface area contributed by atoms with Gasteiger partial charge in [-0.15, -0.1) is 0 Å².